The van der Waals surface area contributed by atoms with Crippen molar-refractivity contribution in [3.8, 4) is 0 Å². The van der Waals surface area contributed by atoms with Crippen LogP contribution in [0.2, 0.25) is 0 Å². The van der Waals surface area contributed by atoms with E-state index in [0.717, 1.165) is 50.0 Å². The van der Waals surface area contributed by atoms with E-state index in [2.05, 4.69) is 58.9 Å². The summed E-state index contributed by atoms with van der Waals surface area (Å²) in [5.41, 5.74) is 4.08. The number of benzene rings is 2. The summed E-state index contributed by atoms with van der Waals surface area (Å²) >= 11 is 1.39. The summed E-state index contributed by atoms with van der Waals surface area (Å²) in [6.07, 6.45) is 8.28. The van der Waals surface area contributed by atoms with E-state index in [1.165, 1.54) is 29.4 Å². The molecule has 1 spiro atoms. The second kappa shape index (κ2) is 10.4. The van der Waals surface area contributed by atoms with E-state index in [4.69, 9.17) is 4.98 Å². The SMILES string of the molecule is CC(=O)Nc1nc(C2(C(=O)NCc3ccccc3)CCC(N3CCC4(C=Cc5ccccc54)C(C)C3)C2)cs1. The summed E-state index contributed by atoms with van der Waals surface area (Å²) in [4.78, 5) is 33.0. The summed E-state index contributed by atoms with van der Waals surface area (Å²) < 4.78 is 0. The molecule has 3 aliphatic rings. The first-order chi connectivity index (χ1) is 18.9. The first kappa shape index (κ1) is 26.0. The standard InChI is InChI=1S/C32H36N4O2S/c1-22-20-36(17-16-31(22)14-12-25-10-6-7-11-27(25)31)26-13-15-32(18-26,28-21-39-30(35-28)34-23(2)37)29(38)33-19-24-8-4-3-5-9-24/h3-12,14,21-22,26H,13,15-20H2,1-2H3,(H,33,38)(H,34,35,37). The largest absolute Gasteiger partial charge is 0.351 e. The van der Waals surface area contributed by atoms with Gasteiger partial charge in [-0.3, -0.25) is 14.5 Å². The number of allylic oxidation sites excluding steroid dienone is 1. The summed E-state index contributed by atoms with van der Waals surface area (Å²) in [7, 11) is 0. The van der Waals surface area contributed by atoms with Crippen LogP contribution in [-0.4, -0.2) is 40.8 Å². The molecule has 2 aliphatic carbocycles. The molecule has 2 amide bonds. The van der Waals surface area contributed by atoms with Gasteiger partial charge in [0, 0.05) is 36.9 Å². The highest BCUT2D eigenvalue weighted by molar-refractivity contribution is 7.14. The van der Waals surface area contributed by atoms with Crippen molar-refractivity contribution in [1.29, 1.82) is 0 Å². The van der Waals surface area contributed by atoms with Gasteiger partial charge in [0.05, 0.1) is 11.1 Å². The van der Waals surface area contributed by atoms with Crippen LogP contribution in [0.3, 0.4) is 0 Å². The highest BCUT2D eigenvalue weighted by atomic mass is 32.1. The van der Waals surface area contributed by atoms with Crippen molar-refractivity contribution >= 4 is 34.4 Å². The van der Waals surface area contributed by atoms with Gasteiger partial charge < -0.3 is 10.6 Å². The predicted molar refractivity (Wildman–Crippen MR) is 157 cm³/mol. The van der Waals surface area contributed by atoms with E-state index in [1.807, 2.05) is 35.7 Å². The molecule has 3 aromatic rings. The number of nitrogens with one attached hydrogen (secondary N) is 2. The lowest BCUT2D eigenvalue weighted by atomic mass is 9.67. The molecule has 7 heteroatoms. The zero-order chi connectivity index (χ0) is 27.0. The Balaban J connectivity index is 1.22. The van der Waals surface area contributed by atoms with Gasteiger partial charge in [0.15, 0.2) is 5.13 Å². The molecule has 0 radical (unpaired) electrons. The van der Waals surface area contributed by atoms with E-state index in [1.54, 1.807) is 0 Å². The quantitative estimate of drug-likeness (QED) is 0.432. The molecule has 1 saturated carbocycles. The Labute approximate surface area is 234 Å². The monoisotopic (exact) mass is 540 g/mol. The third-order valence-corrected chi connectivity index (χ3v) is 9.99. The van der Waals surface area contributed by atoms with E-state index in [-0.39, 0.29) is 17.2 Å². The number of piperidine rings is 1. The number of likely N-dealkylation sites (tertiary alicyclic amines) is 1. The number of aromatic nitrogens is 1. The van der Waals surface area contributed by atoms with Crippen LogP contribution < -0.4 is 10.6 Å². The fraction of sp³-hybridized carbons (Fsp3) is 0.406. The fourth-order valence-corrected chi connectivity index (χ4v) is 7.95. The Bertz CT molecular complexity index is 1400. The topological polar surface area (TPSA) is 74.3 Å². The van der Waals surface area contributed by atoms with Crippen molar-refractivity contribution in [2.45, 2.75) is 62.9 Å². The van der Waals surface area contributed by atoms with Crippen molar-refractivity contribution in [1.82, 2.24) is 15.2 Å². The Morgan fingerprint density at radius 1 is 1.10 bits per heavy atom. The Hall–Kier alpha value is -3.29. The number of carbonyl (C=O) groups is 2. The number of amides is 2. The molecule has 2 heterocycles. The molecular formula is C32H36N4O2S. The van der Waals surface area contributed by atoms with Crippen LogP contribution in [0, 0.1) is 5.92 Å². The summed E-state index contributed by atoms with van der Waals surface area (Å²) in [5.74, 6) is 0.364. The van der Waals surface area contributed by atoms with Crippen LogP contribution >= 0.6 is 11.3 Å². The number of hydrogen-bond donors (Lipinski definition) is 2. The van der Waals surface area contributed by atoms with Crippen LogP contribution in [0.1, 0.15) is 61.9 Å². The van der Waals surface area contributed by atoms with Gasteiger partial charge in [0.2, 0.25) is 11.8 Å². The average molecular weight is 541 g/mol. The molecule has 6 nitrogen and oxygen atoms in total. The predicted octanol–water partition coefficient (Wildman–Crippen LogP) is 5.51. The minimum absolute atomic E-state index is 0.0303. The van der Waals surface area contributed by atoms with Gasteiger partial charge in [-0.05, 0) is 54.8 Å². The maximum atomic E-state index is 13.9. The highest BCUT2D eigenvalue weighted by Crippen LogP contribution is 2.50. The van der Waals surface area contributed by atoms with Gasteiger partial charge in [0.25, 0.3) is 0 Å². The molecule has 0 bridgehead atoms. The van der Waals surface area contributed by atoms with Crippen molar-refractivity contribution in [3.05, 3.63) is 88.4 Å². The van der Waals surface area contributed by atoms with E-state index < -0.39 is 5.41 Å². The molecular weight excluding hydrogens is 504 g/mol. The number of fused-ring (bicyclic) bond motifs is 2. The van der Waals surface area contributed by atoms with E-state index in [0.29, 0.717) is 23.6 Å². The van der Waals surface area contributed by atoms with Crippen molar-refractivity contribution in [2.24, 2.45) is 5.92 Å². The first-order valence-electron chi connectivity index (χ1n) is 14.0. The van der Waals surface area contributed by atoms with E-state index >= 15 is 0 Å². The Morgan fingerprint density at radius 3 is 2.69 bits per heavy atom. The second-order valence-corrected chi connectivity index (χ2v) is 12.3. The lowest BCUT2D eigenvalue weighted by molar-refractivity contribution is -0.127. The van der Waals surface area contributed by atoms with Crippen LogP contribution in [-0.2, 0) is 27.0 Å². The van der Waals surface area contributed by atoms with Crippen molar-refractivity contribution < 1.29 is 9.59 Å². The minimum Gasteiger partial charge on any atom is -0.351 e. The smallest absolute Gasteiger partial charge is 0.232 e. The molecule has 1 aromatic heterocycles. The number of carbonyl (C=O) groups excluding carboxylic acids is 2. The molecule has 2 fully saturated rings. The van der Waals surface area contributed by atoms with Gasteiger partial charge in [-0.25, -0.2) is 4.98 Å². The first-order valence-corrected chi connectivity index (χ1v) is 14.9. The molecule has 1 aliphatic heterocycles. The Kier molecular flexibility index (Phi) is 6.89. The summed E-state index contributed by atoms with van der Waals surface area (Å²) in [6, 6.07) is 19.2. The highest BCUT2D eigenvalue weighted by Gasteiger charge is 2.52. The lowest BCUT2D eigenvalue weighted by Crippen LogP contribution is -2.51. The minimum atomic E-state index is -0.703. The lowest BCUT2D eigenvalue weighted by Gasteiger charge is -2.46. The zero-order valence-corrected chi connectivity index (χ0v) is 23.5. The number of anilines is 1. The molecule has 202 valence electrons. The van der Waals surface area contributed by atoms with Gasteiger partial charge in [-0.15, -0.1) is 11.3 Å². The third kappa shape index (κ3) is 4.72. The maximum absolute atomic E-state index is 13.9. The van der Waals surface area contributed by atoms with Gasteiger partial charge in [-0.1, -0.05) is 73.7 Å². The fourth-order valence-electron chi connectivity index (χ4n) is 7.09. The number of nitrogens with zero attached hydrogens (tertiary/aromatic N) is 2. The van der Waals surface area contributed by atoms with Crippen LogP contribution in [0.25, 0.3) is 6.08 Å². The van der Waals surface area contributed by atoms with Crippen molar-refractivity contribution in [2.75, 3.05) is 18.4 Å². The van der Waals surface area contributed by atoms with Crippen LogP contribution in [0.15, 0.2) is 66.1 Å². The Morgan fingerprint density at radius 2 is 1.90 bits per heavy atom. The van der Waals surface area contributed by atoms with Gasteiger partial charge in [0.1, 0.15) is 0 Å². The van der Waals surface area contributed by atoms with E-state index in [9.17, 15) is 9.59 Å². The number of thiazole rings is 1. The van der Waals surface area contributed by atoms with Gasteiger partial charge >= 0.3 is 0 Å². The third-order valence-electron chi connectivity index (χ3n) is 9.24. The molecule has 2 aromatic carbocycles. The van der Waals surface area contributed by atoms with Crippen LogP contribution in [0.4, 0.5) is 5.13 Å². The molecule has 39 heavy (non-hydrogen) atoms. The molecule has 2 N–H and O–H groups in total. The summed E-state index contributed by atoms with van der Waals surface area (Å²) in [6.45, 7) is 6.39. The number of hydrogen-bond acceptors (Lipinski definition) is 5. The number of rotatable bonds is 6. The zero-order valence-electron chi connectivity index (χ0n) is 22.7. The summed E-state index contributed by atoms with van der Waals surface area (Å²) in [5, 5.41) is 8.54. The van der Waals surface area contributed by atoms with Crippen LogP contribution in [0.5, 0.6) is 0 Å². The normalized spacial score (nSPS) is 27.9. The second-order valence-electron chi connectivity index (χ2n) is 11.5. The van der Waals surface area contributed by atoms with Crippen molar-refractivity contribution in [3.63, 3.8) is 0 Å². The molecule has 4 unspecified atom stereocenters. The average Bonchev–Trinajstić information content (AvgIpc) is 3.68. The molecule has 1 saturated heterocycles. The molecule has 6 rings (SSSR count). The molecule has 4 atom stereocenters. The van der Waals surface area contributed by atoms with Gasteiger partial charge in [-0.2, -0.15) is 0 Å². The maximum Gasteiger partial charge on any atom is 0.232 e.